The molecule has 6 nitrogen and oxygen atoms in total. The largest absolute Gasteiger partial charge is 0.450 e. The number of rotatable bonds is 5. The van der Waals surface area contributed by atoms with Gasteiger partial charge in [-0.1, -0.05) is 6.07 Å². The van der Waals surface area contributed by atoms with Gasteiger partial charge in [-0.3, -0.25) is 0 Å². The number of alkyl carbamates (subject to hydrolysis) is 1. The summed E-state index contributed by atoms with van der Waals surface area (Å²) < 4.78 is 4.69. The summed E-state index contributed by atoms with van der Waals surface area (Å²) >= 11 is 0. The molecule has 0 saturated carbocycles. The van der Waals surface area contributed by atoms with Crippen LogP contribution in [0.25, 0.3) is 0 Å². The minimum atomic E-state index is -0.483. The van der Waals surface area contributed by atoms with E-state index in [9.17, 15) is 9.59 Å². The quantitative estimate of drug-likeness (QED) is 0.723. The fourth-order valence-electron chi connectivity index (χ4n) is 1.52. The highest BCUT2D eigenvalue weighted by Gasteiger charge is 2.03. The molecule has 1 aromatic rings. The first-order valence-electron chi connectivity index (χ1n) is 6.55. The van der Waals surface area contributed by atoms with E-state index < -0.39 is 6.09 Å². The second kappa shape index (κ2) is 8.04. The van der Waals surface area contributed by atoms with Gasteiger partial charge in [-0.05, 0) is 44.0 Å². The van der Waals surface area contributed by atoms with Crippen LogP contribution in [-0.4, -0.2) is 31.8 Å². The Bertz CT molecular complexity index is 475. The third-order valence-corrected chi connectivity index (χ3v) is 2.72. The zero-order chi connectivity index (χ0) is 15.0. The Morgan fingerprint density at radius 1 is 1.10 bits per heavy atom. The van der Waals surface area contributed by atoms with Gasteiger partial charge >= 0.3 is 12.1 Å². The molecule has 0 spiro atoms. The van der Waals surface area contributed by atoms with Crippen molar-refractivity contribution in [1.29, 1.82) is 0 Å². The molecule has 0 saturated heterocycles. The van der Waals surface area contributed by atoms with E-state index in [0.29, 0.717) is 19.7 Å². The van der Waals surface area contributed by atoms with Crippen LogP contribution in [0.4, 0.5) is 15.3 Å². The minimum Gasteiger partial charge on any atom is -0.450 e. The van der Waals surface area contributed by atoms with Crippen LogP contribution in [0.2, 0.25) is 0 Å². The molecule has 0 aromatic heterocycles. The van der Waals surface area contributed by atoms with Crippen LogP contribution in [0.3, 0.4) is 0 Å². The van der Waals surface area contributed by atoms with Crippen LogP contribution in [0.1, 0.15) is 18.1 Å². The lowest BCUT2D eigenvalue weighted by Crippen LogP contribution is -2.37. The Kier molecular flexibility index (Phi) is 6.36. The molecular weight excluding hydrogens is 258 g/mol. The minimum absolute atomic E-state index is 0.307. The van der Waals surface area contributed by atoms with E-state index in [1.54, 1.807) is 6.92 Å². The number of benzene rings is 1. The average Bonchev–Trinajstić information content (AvgIpc) is 2.39. The lowest BCUT2D eigenvalue weighted by atomic mass is 10.1. The zero-order valence-corrected chi connectivity index (χ0v) is 12.1. The van der Waals surface area contributed by atoms with Crippen LogP contribution >= 0.6 is 0 Å². The molecule has 0 heterocycles. The molecule has 0 fully saturated rings. The molecule has 0 radical (unpaired) electrons. The maximum Gasteiger partial charge on any atom is 0.407 e. The molecule has 0 aliphatic carbocycles. The Balaban J connectivity index is 2.26. The Morgan fingerprint density at radius 2 is 1.80 bits per heavy atom. The van der Waals surface area contributed by atoms with Crippen molar-refractivity contribution < 1.29 is 14.3 Å². The third kappa shape index (κ3) is 5.60. The number of hydrogen-bond donors (Lipinski definition) is 3. The van der Waals surface area contributed by atoms with Crippen LogP contribution < -0.4 is 16.0 Å². The molecule has 1 aromatic carbocycles. The van der Waals surface area contributed by atoms with Gasteiger partial charge in [-0.25, -0.2) is 9.59 Å². The number of ether oxygens (including phenoxy) is 1. The number of urea groups is 1. The summed E-state index contributed by atoms with van der Waals surface area (Å²) in [5.41, 5.74) is 3.03. The van der Waals surface area contributed by atoms with Crippen LogP contribution in [0.5, 0.6) is 0 Å². The first-order valence-corrected chi connectivity index (χ1v) is 6.55. The first-order chi connectivity index (χ1) is 9.52. The van der Waals surface area contributed by atoms with Gasteiger partial charge in [-0.15, -0.1) is 0 Å². The van der Waals surface area contributed by atoms with E-state index in [0.717, 1.165) is 11.3 Å². The van der Waals surface area contributed by atoms with Crippen LogP contribution in [0, 0.1) is 13.8 Å². The highest BCUT2D eigenvalue weighted by molar-refractivity contribution is 5.89. The van der Waals surface area contributed by atoms with E-state index in [2.05, 4.69) is 16.0 Å². The first kappa shape index (κ1) is 15.8. The molecule has 3 amide bonds. The van der Waals surface area contributed by atoms with Crippen molar-refractivity contribution in [1.82, 2.24) is 10.6 Å². The molecule has 110 valence electrons. The molecule has 3 N–H and O–H groups in total. The van der Waals surface area contributed by atoms with Gasteiger partial charge in [0.1, 0.15) is 0 Å². The van der Waals surface area contributed by atoms with E-state index in [1.807, 2.05) is 32.0 Å². The molecule has 0 atom stereocenters. The van der Waals surface area contributed by atoms with Gasteiger partial charge in [0.2, 0.25) is 0 Å². The normalized spacial score (nSPS) is 9.75. The van der Waals surface area contributed by atoms with Gasteiger partial charge in [0.25, 0.3) is 0 Å². The standard InChI is InChI=1S/C14H21N3O3/c1-4-20-14(19)16-8-7-15-13(18)17-12-6-5-10(2)11(3)9-12/h5-6,9H,4,7-8H2,1-3H3,(H,16,19)(H2,15,17,18). The molecule has 6 heteroatoms. The molecule has 0 aliphatic rings. The Labute approximate surface area is 118 Å². The smallest absolute Gasteiger partial charge is 0.407 e. The fourth-order valence-corrected chi connectivity index (χ4v) is 1.52. The van der Waals surface area contributed by atoms with Gasteiger partial charge < -0.3 is 20.7 Å². The summed E-state index contributed by atoms with van der Waals surface area (Å²) in [4.78, 5) is 22.6. The highest BCUT2D eigenvalue weighted by Crippen LogP contribution is 2.13. The van der Waals surface area contributed by atoms with Crippen molar-refractivity contribution in [3.63, 3.8) is 0 Å². The van der Waals surface area contributed by atoms with E-state index >= 15 is 0 Å². The molecular formula is C14H21N3O3. The van der Waals surface area contributed by atoms with Gasteiger partial charge in [-0.2, -0.15) is 0 Å². The van der Waals surface area contributed by atoms with E-state index in [4.69, 9.17) is 4.74 Å². The van der Waals surface area contributed by atoms with Crippen LogP contribution in [-0.2, 0) is 4.74 Å². The number of nitrogens with one attached hydrogen (secondary N) is 3. The molecule has 0 aliphatic heterocycles. The van der Waals surface area contributed by atoms with Crippen molar-refractivity contribution in [2.24, 2.45) is 0 Å². The summed E-state index contributed by atoms with van der Waals surface area (Å²) in [6.07, 6.45) is -0.483. The SMILES string of the molecule is CCOC(=O)NCCNC(=O)Nc1ccc(C)c(C)c1. The number of amides is 3. The number of aryl methyl sites for hydroxylation is 2. The van der Waals surface area contributed by atoms with Crippen molar-refractivity contribution >= 4 is 17.8 Å². The topological polar surface area (TPSA) is 79.5 Å². The van der Waals surface area contributed by atoms with Gasteiger partial charge in [0, 0.05) is 18.8 Å². The van der Waals surface area contributed by atoms with Crippen LogP contribution in [0.15, 0.2) is 18.2 Å². The van der Waals surface area contributed by atoms with E-state index in [-0.39, 0.29) is 6.03 Å². The predicted molar refractivity (Wildman–Crippen MR) is 78.0 cm³/mol. The summed E-state index contributed by atoms with van der Waals surface area (Å²) in [6, 6.07) is 5.40. The fraction of sp³-hybridized carbons (Fsp3) is 0.429. The lowest BCUT2D eigenvalue weighted by Gasteiger charge is -2.09. The van der Waals surface area contributed by atoms with Crippen molar-refractivity contribution in [3.8, 4) is 0 Å². The molecule has 0 unspecified atom stereocenters. The Hall–Kier alpha value is -2.24. The van der Waals surface area contributed by atoms with Crippen molar-refractivity contribution in [3.05, 3.63) is 29.3 Å². The van der Waals surface area contributed by atoms with Crippen molar-refractivity contribution in [2.75, 3.05) is 25.0 Å². The number of carbonyl (C=O) groups is 2. The number of hydrogen-bond acceptors (Lipinski definition) is 3. The second-order valence-corrected chi connectivity index (χ2v) is 4.33. The maximum absolute atomic E-state index is 11.6. The average molecular weight is 279 g/mol. The summed E-state index contributed by atoms with van der Waals surface area (Å²) in [7, 11) is 0. The number of anilines is 1. The lowest BCUT2D eigenvalue weighted by molar-refractivity contribution is 0.152. The molecule has 0 bridgehead atoms. The second-order valence-electron chi connectivity index (χ2n) is 4.33. The van der Waals surface area contributed by atoms with Gasteiger partial charge in [0.05, 0.1) is 6.61 Å². The summed E-state index contributed by atoms with van der Waals surface area (Å²) in [5, 5.41) is 7.89. The monoisotopic (exact) mass is 279 g/mol. The zero-order valence-electron chi connectivity index (χ0n) is 12.1. The van der Waals surface area contributed by atoms with Crippen molar-refractivity contribution in [2.45, 2.75) is 20.8 Å². The summed E-state index contributed by atoms with van der Waals surface area (Å²) in [6.45, 7) is 6.71. The number of carbonyl (C=O) groups excluding carboxylic acids is 2. The Morgan fingerprint density at radius 3 is 2.45 bits per heavy atom. The third-order valence-electron chi connectivity index (χ3n) is 2.72. The predicted octanol–water partition coefficient (Wildman–Crippen LogP) is 2.17. The molecule has 20 heavy (non-hydrogen) atoms. The maximum atomic E-state index is 11.6. The molecule has 1 rings (SSSR count). The summed E-state index contributed by atoms with van der Waals surface area (Å²) in [5.74, 6) is 0. The van der Waals surface area contributed by atoms with E-state index in [1.165, 1.54) is 5.56 Å². The highest BCUT2D eigenvalue weighted by atomic mass is 16.5. The van der Waals surface area contributed by atoms with Gasteiger partial charge in [0.15, 0.2) is 0 Å².